The van der Waals surface area contributed by atoms with Crippen molar-refractivity contribution in [1.29, 1.82) is 0 Å². The van der Waals surface area contributed by atoms with E-state index < -0.39 is 10.0 Å². The molecule has 8 heteroatoms. The second kappa shape index (κ2) is 5.88. The van der Waals surface area contributed by atoms with Crippen molar-refractivity contribution in [2.75, 3.05) is 4.72 Å². The molecular weight excluding hydrogens is 414 g/mol. The molecule has 2 aromatic rings. The van der Waals surface area contributed by atoms with E-state index in [0.717, 1.165) is 0 Å². The van der Waals surface area contributed by atoms with Crippen LogP contribution in [0.1, 0.15) is 11.5 Å². The fourth-order valence-corrected chi connectivity index (χ4v) is 4.42. The molecule has 0 amide bonds. The molecule has 0 saturated heterocycles. The van der Waals surface area contributed by atoms with E-state index in [1.54, 1.807) is 18.2 Å². The summed E-state index contributed by atoms with van der Waals surface area (Å²) in [6.45, 7) is 1.18. The van der Waals surface area contributed by atoms with Gasteiger partial charge in [-0.05, 0) is 50.9 Å². The minimum atomic E-state index is -3.79. The van der Waals surface area contributed by atoms with Crippen LogP contribution in [-0.4, -0.2) is 13.5 Å². The van der Waals surface area contributed by atoms with E-state index >= 15 is 0 Å². The SMILES string of the molecule is Cc1oc(CO)cc1S(=O)(=O)Nc1c(Br)cccc1Br. The van der Waals surface area contributed by atoms with Crippen LogP contribution in [-0.2, 0) is 16.6 Å². The highest BCUT2D eigenvalue weighted by molar-refractivity contribution is 9.11. The standard InChI is InChI=1S/C12H11Br2NO4S/c1-7-11(5-8(6-16)19-7)20(17,18)15-12-9(13)3-2-4-10(12)14/h2-5,15-16H,6H2,1H3. The first-order valence-corrected chi connectivity index (χ1v) is 8.59. The number of aliphatic hydroxyl groups excluding tert-OH is 1. The Hall–Kier alpha value is -0.830. The van der Waals surface area contributed by atoms with Gasteiger partial charge in [0.2, 0.25) is 0 Å². The number of anilines is 1. The molecule has 0 aliphatic rings. The summed E-state index contributed by atoms with van der Waals surface area (Å²) in [4.78, 5) is 0.00389. The summed E-state index contributed by atoms with van der Waals surface area (Å²) in [6.07, 6.45) is 0. The summed E-state index contributed by atoms with van der Waals surface area (Å²) < 4.78 is 33.6. The third-order valence-corrected chi connectivity index (χ3v) is 5.35. The zero-order valence-corrected chi connectivity index (χ0v) is 14.3. The molecule has 0 aliphatic heterocycles. The van der Waals surface area contributed by atoms with E-state index in [9.17, 15) is 8.42 Å². The largest absolute Gasteiger partial charge is 0.462 e. The maximum atomic E-state index is 12.4. The molecule has 1 aromatic carbocycles. The van der Waals surface area contributed by atoms with Gasteiger partial charge in [0.25, 0.3) is 10.0 Å². The highest BCUT2D eigenvalue weighted by Crippen LogP contribution is 2.33. The Morgan fingerprint density at radius 1 is 1.30 bits per heavy atom. The van der Waals surface area contributed by atoms with Crippen LogP contribution in [0.25, 0.3) is 0 Å². The molecule has 0 atom stereocenters. The summed E-state index contributed by atoms with van der Waals surface area (Å²) >= 11 is 6.58. The molecule has 0 aliphatic carbocycles. The van der Waals surface area contributed by atoms with Gasteiger partial charge in [-0.25, -0.2) is 8.42 Å². The van der Waals surface area contributed by atoms with Gasteiger partial charge in [0, 0.05) is 15.0 Å². The van der Waals surface area contributed by atoms with Crippen molar-refractivity contribution in [2.45, 2.75) is 18.4 Å². The Morgan fingerprint density at radius 2 is 1.90 bits per heavy atom. The quantitative estimate of drug-likeness (QED) is 0.788. The first-order valence-electron chi connectivity index (χ1n) is 5.52. The van der Waals surface area contributed by atoms with Crippen molar-refractivity contribution < 1.29 is 17.9 Å². The predicted molar refractivity (Wildman–Crippen MR) is 82.0 cm³/mol. The van der Waals surface area contributed by atoms with Crippen LogP contribution in [0.4, 0.5) is 5.69 Å². The van der Waals surface area contributed by atoms with E-state index in [0.29, 0.717) is 14.6 Å². The lowest BCUT2D eigenvalue weighted by molar-refractivity contribution is 0.245. The Morgan fingerprint density at radius 3 is 2.40 bits per heavy atom. The number of para-hydroxylation sites is 1. The number of nitrogens with one attached hydrogen (secondary N) is 1. The molecular formula is C12H11Br2NO4S. The maximum Gasteiger partial charge on any atom is 0.265 e. The number of rotatable bonds is 4. The van der Waals surface area contributed by atoms with Crippen molar-refractivity contribution in [1.82, 2.24) is 0 Å². The fourth-order valence-electron chi connectivity index (χ4n) is 1.65. The van der Waals surface area contributed by atoms with E-state index in [4.69, 9.17) is 9.52 Å². The summed E-state index contributed by atoms with van der Waals surface area (Å²) in [5.41, 5.74) is 0.402. The first-order chi connectivity index (χ1) is 9.35. The number of halogens is 2. The predicted octanol–water partition coefficient (Wildman–Crippen LogP) is 3.41. The molecule has 1 heterocycles. The Kier molecular flexibility index (Phi) is 4.58. The van der Waals surface area contributed by atoms with Crippen LogP contribution in [0.15, 0.2) is 42.5 Å². The average molecular weight is 425 g/mol. The van der Waals surface area contributed by atoms with Gasteiger partial charge in [-0.3, -0.25) is 4.72 Å². The van der Waals surface area contributed by atoms with Gasteiger partial charge >= 0.3 is 0 Å². The lowest BCUT2D eigenvalue weighted by Crippen LogP contribution is -2.14. The molecule has 0 spiro atoms. The second-order valence-corrected chi connectivity index (χ2v) is 7.35. The smallest absolute Gasteiger partial charge is 0.265 e. The maximum absolute atomic E-state index is 12.4. The topological polar surface area (TPSA) is 79.5 Å². The van der Waals surface area contributed by atoms with Crippen LogP contribution in [0.5, 0.6) is 0 Å². The minimum absolute atomic E-state index is 0.00389. The number of hydrogen-bond donors (Lipinski definition) is 2. The number of furan rings is 1. The molecule has 0 saturated carbocycles. The molecule has 0 radical (unpaired) electrons. The third-order valence-electron chi connectivity index (χ3n) is 2.57. The van der Waals surface area contributed by atoms with E-state index in [1.807, 2.05) is 0 Å². The van der Waals surface area contributed by atoms with Gasteiger partial charge in [0.1, 0.15) is 23.0 Å². The summed E-state index contributed by atoms with van der Waals surface area (Å²) in [7, 11) is -3.79. The number of aliphatic hydroxyl groups is 1. The highest BCUT2D eigenvalue weighted by Gasteiger charge is 2.23. The van der Waals surface area contributed by atoms with Gasteiger partial charge in [-0.15, -0.1) is 0 Å². The average Bonchev–Trinajstić information content (AvgIpc) is 2.76. The molecule has 20 heavy (non-hydrogen) atoms. The second-order valence-electron chi connectivity index (χ2n) is 3.99. The van der Waals surface area contributed by atoms with Crippen molar-refractivity contribution in [3.63, 3.8) is 0 Å². The Bertz CT molecular complexity index is 720. The molecule has 0 bridgehead atoms. The van der Waals surface area contributed by atoms with Gasteiger partial charge in [-0.2, -0.15) is 0 Å². The lowest BCUT2D eigenvalue weighted by atomic mass is 10.3. The van der Waals surface area contributed by atoms with Crippen molar-refractivity contribution in [3.8, 4) is 0 Å². The molecule has 108 valence electrons. The van der Waals surface area contributed by atoms with Gasteiger partial charge in [-0.1, -0.05) is 6.07 Å². The molecule has 2 rings (SSSR count). The van der Waals surface area contributed by atoms with E-state index in [2.05, 4.69) is 36.6 Å². The number of benzene rings is 1. The van der Waals surface area contributed by atoms with Crippen molar-refractivity contribution >= 4 is 47.6 Å². The summed E-state index contributed by atoms with van der Waals surface area (Å²) in [5, 5.41) is 9.00. The van der Waals surface area contributed by atoms with Crippen molar-refractivity contribution in [3.05, 3.63) is 44.7 Å². The normalized spacial score (nSPS) is 11.6. The van der Waals surface area contributed by atoms with Crippen LogP contribution < -0.4 is 4.72 Å². The van der Waals surface area contributed by atoms with E-state index in [-0.39, 0.29) is 23.0 Å². The number of sulfonamides is 1. The van der Waals surface area contributed by atoms with Gasteiger partial charge in [0.05, 0.1) is 5.69 Å². The zero-order valence-electron chi connectivity index (χ0n) is 10.4. The molecule has 1 aromatic heterocycles. The zero-order chi connectivity index (χ0) is 14.9. The number of aryl methyl sites for hydroxylation is 1. The first kappa shape index (κ1) is 15.6. The highest BCUT2D eigenvalue weighted by atomic mass is 79.9. The van der Waals surface area contributed by atoms with Gasteiger partial charge < -0.3 is 9.52 Å². The third kappa shape index (κ3) is 3.08. The van der Waals surface area contributed by atoms with Crippen LogP contribution in [0.3, 0.4) is 0 Å². The Balaban J connectivity index is 2.43. The molecule has 0 unspecified atom stereocenters. The van der Waals surface area contributed by atoms with Crippen molar-refractivity contribution in [2.24, 2.45) is 0 Å². The van der Waals surface area contributed by atoms with Crippen LogP contribution in [0.2, 0.25) is 0 Å². The molecule has 0 fully saturated rings. The minimum Gasteiger partial charge on any atom is -0.462 e. The Labute approximate surface area is 133 Å². The monoisotopic (exact) mass is 423 g/mol. The van der Waals surface area contributed by atoms with Crippen LogP contribution >= 0.6 is 31.9 Å². The molecule has 2 N–H and O–H groups in total. The number of hydrogen-bond acceptors (Lipinski definition) is 4. The van der Waals surface area contributed by atoms with Crippen LogP contribution in [0, 0.1) is 6.92 Å². The van der Waals surface area contributed by atoms with Gasteiger partial charge in [0.15, 0.2) is 0 Å². The van der Waals surface area contributed by atoms with E-state index in [1.165, 1.54) is 13.0 Å². The summed E-state index contributed by atoms with van der Waals surface area (Å²) in [6, 6.07) is 6.54. The fraction of sp³-hybridized carbons (Fsp3) is 0.167. The molecule has 5 nitrogen and oxygen atoms in total. The lowest BCUT2D eigenvalue weighted by Gasteiger charge is -2.10. The summed E-state index contributed by atoms with van der Waals surface area (Å²) in [5.74, 6) is 0.429.